The van der Waals surface area contributed by atoms with E-state index < -0.39 is 0 Å². The van der Waals surface area contributed by atoms with Gasteiger partial charge < -0.3 is 4.84 Å². The minimum atomic E-state index is -0.337. The number of anilines is 1. The number of benzene rings is 1. The van der Waals surface area contributed by atoms with E-state index in [0.717, 1.165) is 6.21 Å². The molecule has 1 aromatic rings. The van der Waals surface area contributed by atoms with Crippen LogP contribution in [0.2, 0.25) is 0 Å². The molecule has 0 atom stereocenters. The molecule has 0 aliphatic carbocycles. The maximum atomic E-state index is 12.6. The molecule has 0 unspecified atom stereocenters. The van der Waals surface area contributed by atoms with Crippen molar-refractivity contribution in [2.45, 2.75) is 0 Å². The fraction of sp³-hybridized carbons (Fsp3) is 0.100. The lowest BCUT2D eigenvalue weighted by molar-refractivity contribution is 0.216. The predicted molar refractivity (Wildman–Crippen MR) is 58.6 cm³/mol. The molecule has 82 valence electrons. The zero-order chi connectivity index (χ0) is 11.8. The second kappa shape index (κ2) is 6.14. The Morgan fingerprint density at radius 1 is 1.50 bits per heavy atom. The number of oxime groups is 1. The Bertz CT molecular complexity index is 433. The predicted octanol–water partition coefficient (Wildman–Crippen LogP) is 1.75. The van der Waals surface area contributed by atoms with Gasteiger partial charge in [0.25, 0.3) is 0 Å². The maximum Gasteiger partial charge on any atom is 0.182 e. The molecule has 6 heteroatoms. The molecule has 0 aliphatic heterocycles. The van der Waals surface area contributed by atoms with Crippen LogP contribution in [0.4, 0.5) is 10.1 Å². The Labute approximate surface area is 91.8 Å². The third kappa shape index (κ3) is 3.75. The normalized spacial score (nSPS) is 11.2. The summed E-state index contributed by atoms with van der Waals surface area (Å²) in [7, 11) is 1.36. The molecule has 1 aromatic carbocycles. The molecular weight excluding hydrogens is 211 g/mol. The van der Waals surface area contributed by atoms with Gasteiger partial charge in [-0.05, 0) is 24.3 Å². The third-order valence-corrected chi connectivity index (χ3v) is 1.54. The van der Waals surface area contributed by atoms with Crippen LogP contribution in [0.15, 0.2) is 34.5 Å². The Kier molecular flexibility index (Phi) is 4.47. The average Bonchev–Trinajstić information content (AvgIpc) is 2.32. The van der Waals surface area contributed by atoms with Gasteiger partial charge in [-0.1, -0.05) is 5.16 Å². The van der Waals surface area contributed by atoms with E-state index in [1.54, 1.807) is 6.07 Å². The first-order valence-electron chi connectivity index (χ1n) is 4.32. The van der Waals surface area contributed by atoms with Gasteiger partial charge in [-0.2, -0.15) is 10.4 Å². The topological polar surface area (TPSA) is 69.8 Å². The number of rotatable bonds is 4. The van der Waals surface area contributed by atoms with E-state index in [1.807, 2.05) is 0 Å². The molecule has 0 fully saturated rings. The second-order valence-electron chi connectivity index (χ2n) is 2.64. The molecule has 0 saturated carbocycles. The van der Waals surface area contributed by atoms with Crippen molar-refractivity contribution in [3.63, 3.8) is 0 Å². The summed E-state index contributed by atoms with van der Waals surface area (Å²) in [6.45, 7) is 0. The monoisotopic (exact) mass is 220 g/mol. The first kappa shape index (κ1) is 11.7. The highest BCUT2D eigenvalue weighted by Gasteiger charge is 1.94. The van der Waals surface area contributed by atoms with E-state index in [1.165, 1.54) is 31.4 Å². The Morgan fingerprint density at radius 2 is 2.19 bits per heavy atom. The summed E-state index contributed by atoms with van der Waals surface area (Å²) in [6.07, 6.45) is 1.16. The van der Waals surface area contributed by atoms with Crippen molar-refractivity contribution < 1.29 is 9.23 Å². The van der Waals surface area contributed by atoms with Crippen molar-refractivity contribution in [1.82, 2.24) is 0 Å². The number of halogens is 1. The van der Waals surface area contributed by atoms with Crippen molar-refractivity contribution in [2.24, 2.45) is 10.3 Å². The highest BCUT2D eigenvalue weighted by atomic mass is 19.1. The van der Waals surface area contributed by atoms with Crippen molar-refractivity contribution in [2.75, 3.05) is 12.5 Å². The van der Waals surface area contributed by atoms with Gasteiger partial charge in [0, 0.05) is 0 Å². The lowest BCUT2D eigenvalue weighted by Gasteiger charge is -1.98. The van der Waals surface area contributed by atoms with Crippen LogP contribution in [-0.2, 0) is 4.84 Å². The van der Waals surface area contributed by atoms with E-state index >= 15 is 0 Å². The molecule has 0 aliphatic rings. The molecule has 1 rings (SSSR count). The third-order valence-electron chi connectivity index (χ3n) is 1.54. The number of hydrazone groups is 1. The molecule has 0 aromatic heterocycles. The quantitative estimate of drug-likeness (QED) is 0.620. The first-order valence-corrected chi connectivity index (χ1v) is 4.32. The van der Waals surface area contributed by atoms with E-state index in [4.69, 9.17) is 5.26 Å². The lowest BCUT2D eigenvalue weighted by atomic mass is 10.3. The number of nitrogens with one attached hydrogen (secondary N) is 1. The van der Waals surface area contributed by atoms with Gasteiger partial charge in [0.15, 0.2) is 5.71 Å². The smallest absolute Gasteiger partial charge is 0.182 e. The van der Waals surface area contributed by atoms with Crippen molar-refractivity contribution in [1.29, 1.82) is 5.26 Å². The summed E-state index contributed by atoms with van der Waals surface area (Å²) in [6, 6.07) is 7.37. The van der Waals surface area contributed by atoms with E-state index in [0.29, 0.717) is 5.69 Å². The van der Waals surface area contributed by atoms with Crippen LogP contribution in [0.5, 0.6) is 0 Å². The summed E-state index contributed by atoms with van der Waals surface area (Å²) < 4.78 is 12.6. The molecule has 0 radical (unpaired) electrons. The summed E-state index contributed by atoms with van der Waals surface area (Å²) in [5, 5.41) is 15.8. The molecule has 0 bridgehead atoms. The van der Waals surface area contributed by atoms with Gasteiger partial charge in [0.1, 0.15) is 25.2 Å². The molecule has 16 heavy (non-hydrogen) atoms. The van der Waals surface area contributed by atoms with Crippen LogP contribution in [0, 0.1) is 17.1 Å². The summed E-state index contributed by atoms with van der Waals surface area (Å²) in [5.74, 6) is -0.337. The molecule has 1 N–H and O–H groups in total. The zero-order valence-electron chi connectivity index (χ0n) is 8.51. The van der Waals surface area contributed by atoms with E-state index in [-0.39, 0.29) is 11.5 Å². The fourth-order valence-corrected chi connectivity index (χ4v) is 0.835. The number of hydrogen-bond donors (Lipinski definition) is 1. The molecule has 0 heterocycles. The van der Waals surface area contributed by atoms with Crippen LogP contribution in [0.3, 0.4) is 0 Å². The molecule has 5 nitrogen and oxygen atoms in total. The maximum absolute atomic E-state index is 12.6. The van der Waals surface area contributed by atoms with Crippen molar-refractivity contribution in [3.05, 3.63) is 30.1 Å². The summed E-state index contributed by atoms with van der Waals surface area (Å²) in [4.78, 5) is 4.40. The molecule has 0 saturated heterocycles. The number of nitrogens with zero attached hydrogens (tertiary/aromatic N) is 3. The van der Waals surface area contributed by atoms with Crippen LogP contribution < -0.4 is 5.43 Å². The van der Waals surface area contributed by atoms with Gasteiger partial charge in [-0.15, -0.1) is 0 Å². The number of hydrogen-bond acceptors (Lipinski definition) is 5. The van der Waals surface area contributed by atoms with Gasteiger partial charge in [0.2, 0.25) is 0 Å². The Balaban J connectivity index is 2.67. The standard InChI is InChI=1S/C10H9FN4O/c1-16-13-7-10(6-12)15-14-9-4-2-8(11)3-5-9/h2-5,7,14H,1H3/b13-7-,15-10+. The van der Waals surface area contributed by atoms with Crippen LogP contribution in [0.1, 0.15) is 0 Å². The highest BCUT2D eigenvalue weighted by molar-refractivity contribution is 6.37. The van der Waals surface area contributed by atoms with E-state index in [2.05, 4.69) is 20.5 Å². The van der Waals surface area contributed by atoms with Gasteiger partial charge in [-0.3, -0.25) is 5.43 Å². The fourth-order valence-electron chi connectivity index (χ4n) is 0.835. The average molecular weight is 220 g/mol. The van der Waals surface area contributed by atoms with Gasteiger partial charge >= 0.3 is 0 Å². The largest absolute Gasteiger partial charge is 0.399 e. The van der Waals surface area contributed by atoms with Gasteiger partial charge in [-0.25, -0.2) is 4.39 Å². The van der Waals surface area contributed by atoms with Crippen molar-refractivity contribution in [3.8, 4) is 6.07 Å². The minimum Gasteiger partial charge on any atom is -0.399 e. The lowest BCUT2D eigenvalue weighted by Crippen LogP contribution is -2.01. The Hall–Kier alpha value is -2.42. The molecule has 0 amide bonds. The van der Waals surface area contributed by atoms with Gasteiger partial charge in [0.05, 0.1) is 5.69 Å². The first-order chi connectivity index (χ1) is 7.76. The Morgan fingerprint density at radius 3 is 2.75 bits per heavy atom. The highest BCUT2D eigenvalue weighted by Crippen LogP contribution is 2.07. The van der Waals surface area contributed by atoms with Crippen LogP contribution in [0.25, 0.3) is 0 Å². The summed E-state index contributed by atoms with van der Waals surface area (Å²) >= 11 is 0. The molecule has 0 spiro atoms. The minimum absolute atomic E-state index is 0.0474. The second-order valence-corrected chi connectivity index (χ2v) is 2.64. The number of nitriles is 1. The SMILES string of the molecule is CO/N=C\C(C#N)=N\Nc1ccc(F)cc1. The summed E-state index contributed by atoms with van der Waals surface area (Å²) in [5.41, 5.74) is 3.20. The van der Waals surface area contributed by atoms with E-state index in [9.17, 15) is 4.39 Å². The van der Waals surface area contributed by atoms with Crippen LogP contribution in [-0.4, -0.2) is 19.0 Å². The zero-order valence-corrected chi connectivity index (χ0v) is 8.51. The molecular formula is C10H9FN4O. The van der Waals surface area contributed by atoms with Crippen LogP contribution >= 0.6 is 0 Å². The van der Waals surface area contributed by atoms with Crippen molar-refractivity contribution >= 4 is 17.6 Å².